The maximum atomic E-state index is 14.0. The van der Waals surface area contributed by atoms with E-state index in [4.69, 9.17) is 4.42 Å². The summed E-state index contributed by atoms with van der Waals surface area (Å²) >= 11 is 0. The van der Waals surface area contributed by atoms with Crippen LogP contribution in [0.3, 0.4) is 0 Å². The van der Waals surface area contributed by atoms with Crippen LogP contribution in [0.15, 0.2) is 59.0 Å². The number of benzene rings is 2. The van der Waals surface area contributed by atoms with Crippen LogP contribution in [-0.4, -0.2) is 16.5 Å². The zero-order valence-corrected chi connectivity index (χ0v) is 12.6. The molecule has 0 spiro atoms. The van der Waals surface area contributed by atoms with Crippen molar-refractivity contribution in [2.24, 2.45) is 0 Å². The number of furan rings is 1. The Kier molecular flexibility index (Phi) is 3.46. The molecule has 0 saturated heterocycles. The van der Waals surface area contributed by atoms with Gasteiger partial charge in [-0.2, -0.15) is 5.10 Å². The predicted molar refractivity (Wildman–Crippen MR) is 88.4 cm³/mol. The Balaban J connectivity index is 1.85. The third kappa shape index (κ3) is 2.40. The number of aromatic amines is 1. The van der Waals surface area contributed by atoms with Gasteiger partial charge in [-0.25, -0.2) is 4.39 Å². The minimum Gasteiger partial charge on any atom is -0.452 e. The maximum Gasteiger partial charge on any atom is 0.185 e. The summed E-state index contributed by atoms with van der Waals surface area (Å²) in [6.07, 6.45) is 1.09. The molecule has 2 heterocycles. The summed E-state index contributed by atoms with van der Waals surface area (Å²) < 4.78 is 19.5. The van der Waals surface area contributed by atoms with Gasteiger partial charge < -0.3 is 4.42 Å². The second-order valence-electron chi connectivity index (χ2n) is 5.50. The van der Waals surface area contributed by atoms with Gasteiger partial charge in [0, 0.05) is 11.8 Å². The molecule has 0 aliphatic carbocycles. The van der Waals surface area contributed by atoms with Gasteiger partial charge in [-0.15, -0.1) is 0 Å². The standard InChI is InChI=1S/C19H13FN2O2/c20-15-6-2-1-4-12(15)10-13-5-3-7-16-18(13)19(22-21-16)17-9-8-14(11-23)24-17/h1-9,11H,10H2,(H,21,22). The zero-order valence-electron chi connectivity index (χ0n) is 12.6. The maximum absolute atomic E-state index is 14.0. The Labute approximate surface area is 136 Å². The summed E-state index contributed by atoms with van der Waals surface area (Å²) in [5.41, 5.74) is 3.00. The van der Waals surface area contributed by atoms with Crippen molar-refractivity contribution in [1.82, 2.24) is 10.2 Å². The molecule has 4 aromatic rings. The van der Waals surface area contributed by atoms with E-state index in [-0.39, 0.29) is 11.6 Å². The first kappa shape index (κ1) is 14.4. The zero-order chi connectivity index (χ0) is 16.5. The number of nitrogens with one attached hydrogen (secondary N) is 1. The van der Waals surface area contributed by atoms with Crippen molar-refractivity contribution in [3.63, 3.8) is 0 Å². The number of halogens is 1. The largest absolute Gasteiger partial charge is 0.452 e. The highest BCUT2D eigenvalue weighted by Crippen LogP contribution is 2.31. The number of hydrogen-bond donors (Lipinski definition) is 1. The minimum absolute atomic E-state index is 0.235. The third-order valence-electron chi connectivity index (χ3n) is 3.99. The first-order valence-corrected chi connectivity index (χ1v) is 7.51. The molecule has 118 valence electrons. The molecule has 4 rings (SSSR count). The lowest BCUT2D eigenvalue weighted by atomic mass is 9.99. The van der Waals surface area contributed by atoms with Crippen LogP contribution >= 0.6 is 0 Å². The van der Waals surface area contributed by atoms with E-state index in [1.54, 1.807) is 24.3 Å². The first-order valence-electron chi connectivity index (χ1n) is 7.51. The van der Waals surface area contributed by atoms with Crippen molar-refractivity contribution in [1.29, 1.82) is 0 Å². The predicted octanol–water partition coefficient (Wildman–Crippen LogP) is 4.37. The summed E-state index contributed by atoms with van der Waals surface area (Å²) in [5.74, 6) is 0.512. The van der Waals surface area contributed by atoms with Crippen molar-refractivity contribution in [3.05, 3.63) is 77.3 Å². The van der Waals surface area contributed by atoms with Gasteiger partial charge in [-0.05, 0) is 35.4 Å². The number of H-pyrrole nitrogens is 1. The fourth-order valence-electron chi connectivity index (χ4n) is 2.86. The normalized spacial score (nSPS) is 11.0. The van der Waals surface area contributed by atoms with Crippen molar-refractivity contribution in [2.45, 2.75) is 6.42 Å². The molecule has 5 heteroatoms. The van der Waals surface area contributed by atoms with Crippen LogP contribution in [0.1, 0.15) is 21.7 Å². The topological polar surface area (TPSA) is 58.9 Å². The molecule has 24 heavy (non-hydrogen) atoms. The van der Waals surface area contributed by atoms with E-state index in [1.165, 1.54) is 6.07 Å². The molecular weight excluding hydrogens is 307 g/mol. The van der Waals surface area contributed by atoms with Crippen molar-refractivity contribution in [2.75, 3.05) is 0 Å². The Morgan fingerprint density at radius 1 is 1.04 bits per heavy atom. The molecular formula is C19H13FN2O2. The lowest BCUT2D eigenvalue weighted by Gasteiger charge is -2.06. The summed E-state index contributed by atoms with van der Waals surface area (Å²) in [5, 5.41) is 8.14. The molecule has 0 aliphatic heterocycles. The Bertz CT molecular complexity index is 1030. The van der Waals surface area contributed by atoms with Crippen LogP contribution in [0.5, 0.6) is 0 Å². The minimum atomic E-state index is -0.235. The monoisotopic (exact) mass is 320 g/mol. The van der Waals surface area contributed by atoms with Crippen LogP contribution in [-0.2, 0) is 6.42 Å². The number of aromatic nitrogens is 2. The lowest BCUT2D eigenvalue weighted by Crippen LogP contribution is -1.93. The summed E-state index contributed by atoms with van der Waals surface area (Å²) in [4.78, 5) is 10.8. The lowest BCUT2D eigenvalue weighted by molar-refractivity contribution is 0.110. The van der Waals surface area contributed by atoms with Crippen molar-refractivity contribution in [3.8, 4) is 11.5 Å². The molecule has 2 aromatic heterocycles. The average Bonchev–Trinajstić information content (AvgIpc) is 3.23. The van der Waals surface area contributed by atoms with Crippen LogP contribution in [0.25, 0.3) is 22.4 Å². The number of aldehydes is 1. The Morgan fingerprint density at radius 3 is 2.67 bits per heavy atom. The fraction of sp³-hybridized carbons (Fsp3) is 0.0526. The Morgan fingerprint density at radius 2 is 1.88 bits per heavy atom. The highest BCUT2D eigenvalue weighted by molar-refractivity contribution is 5.94. The van der Waals surface area contributed by atoms with Gasteiger partial charge in [0.25, 0.3) is 0 Å². The highest BCUT2D eigenvalue weighted by Gasteiger charge is 2.16. The van der Waals surface area contributed by atoms with Crippen molar-refractivity contribution >= 4 is 17.2 Å². The summed E-state index contributed by atoms with van der Waals surface area (Å²) in [6.45, 7) is 0. The second kappa shape index (κ2) is 5.77. The van der Waals surface area contributed by atoms with Crippen LogP contribution in [0.4, 0.5) is 4.39 Å². The van der Waals surface area contributed by atoms with Crippen LogP contribution in [0, 0.1) is 5.82 Å². The number of nitrogens with zero attached hydrogens (tertiary/aromatic N) is 1. The van der Waals surface area contributed by atoms with Crippen molar-refractivity contribution < 1.29 is 13.6 Å². The number of rotatable bonds is 4. The van der Waals surface area contributed by atoms with E-state index < -0.39 is 0 Å². The molecule has 1 N–H and O–H groups in total. The van der Waals surface area contributed by atoms with Gasteiger partial charge in [0.1, 0.15) is 11.5 Å². The molecule has 0 fully saturated rings. The molecule has 0 bridgehead atoms. The molecule has 0 atom stereocenters. The Hall–Kier alpha value is -3.21. The van der Waals surface area contributed by atoms with Gasteiger partial charge in [0.05, 0.1) is 5.52 Å². The van der Waals surface area contributed by atoms with Gasteiger partial charge in [-0.1, -0.05) is 30.3 Å². The van der Waals surface area contributed by atoms with E-state index >= 15 is 0 Å². The van der Waals surface area contributed by atoms with E-state index in [9.17, 15) is 9.18 Å². The smallest absolute Gasteiger partial charge is 0.185 e. The van der Waals surface area contributed by atoms with Gasteiger partial charge in [0.2, 0.25) is 0 Å². The SMILES string of the molecule is O=Cc1ccc(-c2n[nH]c3cccc(Cc4ccccc4F)c23)o1. The van der Waals surface area contributed by atoms with E-state index in [0.29, 0.717) is 29.7 Å². The molecule has 0 saturated carbocycles. The van der Waals surface area contributed by atoms with E-state index in [2.05, 4.69) is 10.2 Å². The summed E-state index contributed by atoms with van der Waals surface area (Å²) in [7, 11) is 0. The molecule has 0 amide bonds. The quantitative estimate of drug-likeness (QED) is 0.568. The fourth-order valence-corrected chi connectivity index (χ4v) is 2.86. The highest BCUT2D eigenvalue weighted by atomic mass is 19.1. The first-order chi connectivity index (χ1) is 11.8. The molecule has 0 unspecified atom stereocenters. The van der Waals surface area contributed by atoms with Gasteiger partial charge >= 0.3 is 0 Å². The molecule has 0 radical (unpaired) electrons. The van der Waals surface area contributed by atoms with Gasteiger partial charge in [0.15, 0.2) is 17.8 Å². The van der Waals surface area contributed by atoms with E-state index in [1.807, 2.05) is 24.3 Å². The number of carbonyl (C=O) groups excluding carboxylic acids is 1. The molecule has 0 aliphatic rings. The second-order valence-corrected chi connectivity index (χ2v) is 5.50. The average molecular weight is 320 g/mol. The third-order valence-corrected chi connectivity index (χ3v) is 3.99. The van der Waals surface area contributed by atoms with Gasteiger partial charge in [-0.3, -0.25) is 9.89 Å². The van der Waals surface area contributed by atoms with E-state index in [0.717, 1.165) is 16.5 Å². The summed E-state index contributed by atoms with van der Waals surface area (Å²) in [6, 6.07) is 15.8. The number of hydrogen-bond acceptors (Lipinski definition) is 3. The van der Waals surface area contributed by atoms with Crippen LogP contribution in [0.2, 0.25) is 0 Å². The number of fused-ring (bicyclic) bond motifs is 1. The van der Waals surface area contributed by atoms with Crippen LogP contribution < -0.4 is 0 Å². The molecule has 4 nitrogen and oxygen atoms in total. The molecule has 2 aromatic carbocycles. The number of carbonyl (C=O) groups is 1.